The molecule has 2 aromatic rings. The maximum absolute atomic E-state index is 13.2. The number of ketones is 2. The van der Waals surface area contributed by atoms with Crippen molar-refractivity contribution in [2.24, 2.45) is 5.92 Å². The second kappa shape index (κ2) is 8.68. The van der Waals surface area contributed by atoms with Gasteiger partial charge in [0.15, 0.2) is 5.78 Å². The molecule has 0 saturated carbocycles. The Bertz CT molecular complexity index is 1120. The molecule has 1 amide bonds. The lowest BCUT2D eigenvalue weighted by molar-refractivity contribution is -0.152. The molecule has 0 N–H and O–H groups in total. The number of hydrogen-bond acceptors (Lipinski definition) is 9. The summed E-state index contributed by atoms with van der Waals surface area (Å²) in [5, 5.41) is 3.96. The third-order valence-corrected chi connectivity index (χ3v) is 5.18. The van der Waals surface area contributed by atoms with E-state index in [1.807, 2.05) is 0 Å². The molecule has 1 aromatic heterocycles. The van der Waals surface area contributed by atoms with Crippen LogP contribution in [0.5, 0.6) is 5.75 Å². The summed E-state index contributed by atoms with van der Waals surface area (Å²) in [4.78, 5) is 51.9. The Kier molecular flexibility index (Phi) is 6.31. The predicted molar refractivity (Wildman–Crippen MR) is 116 cm³/mol. The maximum atomic E-state index is 13.2. The minimum Gasteiger partial charge on any atom is -0.496 e. The minimum atomic E-state index is -1.44. The molecule has 176 valence electrons. The van der Waals surface area contributed by atoms with Gasteiger partial charge in [-0.1, -0.05) is 5.16 Å². The zero-order chi connectivity index (χ0) is 24.7. The highest BCUT2D eigenvalue weighted by molar-refractivity contribution is 6.40. The van der Waals surface area contributed by atoms with E-state index in [4.69, 9.17) is 14.0 Å². The number of methoxy groups -OCH3 is 2. The van der Waals surface area contributed by atoms with Crippen LogP contribution in [-0.2, 0) is 19.1 Å². The smallest absolute Gasteiger partial charge is 0.414 e. The molecule has 1 unspecified atom stereocenters. The zero-order valence-corrected chi connectivity index (χ0v) is 19.6. The molecular formula is C23H26N2O8. The number of carbonyl (C=O) groups excluding carboxylic acids is 4. The number of aromatic nitrogens is 1. The Balaban J connectivity index is 2.23. The van der Waals surface area contributed by atoms with Crippen molar-refractivity contribution in [2.45, 2.75) is 40.2 Å². The Morgan fingerprint density at radius 2 is 1.79 bits per heavy atom. The van der Waals surface area contributed by atoms with Crippen LogP contribution in [0.15, 0.2) is 16.7 Å². The van der Waals surface area contributed by atoms with Crippen molar-refractivity contribution in [3.05, 3.63) is 29.2 Å². The van der Waals surface area contributed by atoms with E-state index in [0.29, 0.717) is 28.3 Å². The summed E-state index contributed by atoms with van der Waals surface area (Å²) >= 11 is 0. The van der Waals surface area contributed by atoms with Gasteiger partial charge in [-0.3, -0.25) is 14.5 Å². The standard InChI is InChI=1S/C23H26N2O8/c1-11-18(12(2)33-24-11)14-8-16-13(9-17(14)30-6)19(26)15(20(27)21(28)31-7)10-25(16)22(29)32-23(3,4)5/h8-9,15H,10H2,1-7H3. The zero-order valence-electron chi connectivity index (χ0n) is 19.6. The summed E-state index contributed by atoms with van der Waals surface area (Å²) in [6.45, 7) is 8.20. The molecule has 10 heteroatoms. The van der Waals surface area contributed by atoms with Gasteiger partial charge in [-0.25, -0.2) is 9.59 Å². The average molecular weight is 458 g/mol. The van der Waals surface area contributed by atoms with Gasteiger partial charge in [-0.15, -0.1) is 0 Å². The van der Waals surface area contributed by atoms with Crippen LogP contribution in [-0.4, -0.2) is 55.2 Å². The summed E-state index contributed by atoms with van der Waals surface area (Å²) in [5.74, 6) is -3.44. The molecule has 3 rings (SSSR count). The summed E-state index contributed by atoms with van der Waals surface area (Å²) in [6.07, 6.45) is -0.770. The van der Waals surface area contributed by atoms with Crippen molar-refractivity contribution in [1.82, 2.24) is 5.16 Å². The van der Waals surface area contributed by atoms with Gasteiger partial charge in [-0.05, 0) is 46.8 Å². The van der Waals surface area contributed by atoms with E-state index < -0.39 is 35.1 Å². The monoisotopic (exact) mass is 458 g/mol. The second-order valence-corrected chi connectivity index (χ2v) is 8.63. The van der Waals surface area contributed by atoms with E-state index in [1.54, 1.807) is 40.7 Å². The van der Waals surface area contributed by atoms with Crippen LogP contribution in [0.1, 0.15) is 42.6 Å². The molecule has 1 aromatic carbocycles. The first-order valence-corrected chi connectivity index (χ1v) is 10.2. The number of ether oxygens (including phenoxy) is 3. The fourth-order valence-corrected chi connectivity index (χ4v) is 3.71. The van der Waals surface area contributed by atoms with Gasteiger partial charge in [0, 0.05) is 17.7 Å². The molecule has 1 aliphatic rings. The van der Waals surface area contributed by atoms with Crippen LogP contribution in [0, 0.1) is 19.8 Å². The van der Waals surface area contributed by atoms with E-state index in [2.05, 4.69) is 9.89 Å². The normalized spacial score (nSPS) is 15.7. The number of nitrogens with zero attached hydrogens (tertiary/aromatic N) is 2. The molecule has 0 radical (unpaired) electrons. The quantitative estimate of drug-likeness (QED) is 0.385. The van der Waals surface area contributed by atoms with Gasteiger partial charge < -0.3 is 18.7 Å². The van der Waals surface area contributed by atoms with E-state index in [-0.39, 0.29) is 17.8 Å². The van der Waals surface area contributed by atoms with E-state index >= 15 is 0 Å². The van der Waals surface area contributed by atoms with Crippen molar-refractivity contribution in [3.8, 4) is 16.9 Å². The number of anilines is 1. The Hall–Kier alpha value is -3.69. The molecule has 2 heterocycles. The molecule has 0 aliphatic carbocycles. The number of hydrogen-bond donors (Lipinski definition) is 0. The number of rotatable bonds is 4. The molecule has 1 atom stereocenters. The molecule has 0 saturated heterocycles. The molecular weight excluding hydrogens is 432 g/mol. The highest BCUT2D eigenvalue weighted by Crippen LogP contribution is 2.42. The molecule has 1 aliphatic heterocycles. The first-order valence-electron chi connectivity index (χ1n) is 10.2. The van der Waals surface area contributed by atoms with Gasteiger partial charge in [0.2, 0.25) is 0 Å². The van der Waals surface area contributed by atoms with Gasteiger partial charge in [0.05, 0.1) is 31.2 Å². The maximum Gasteiger partial charge on any atom is 0.414 e. The highest BCUT2D eigenvalue weighted by Gasteiger charge is 2.43. The number of fused-ring (bicyclic) bond motifs is 1. The van der Waals surface area contributed by atoms with Crippen LogP contribution >= 0.6 is 0 Å². The van der Waals surface area contributed by atoms with Crippen molar-refractivity contribution in [3.63, 3.8) is 0 Å². The highest BCUT2D eigenvalue weighted by atomic mass is 16.6. The fourth-order valence-electron chi connectivity index (χ4n) is 3.71. The molecule has 0 bridgehead atoms. The largest absolute Gasteiger partial charge is 0.496 e. The number of benzene rings is 1. The molecule has 33 heavy (non-hydrogen) atoms. The molecule has 0 spiro atoms. The Labute approximate surface area is 190 Å². The first-order chi connectivity index (χ1) is 15.4. The van der Waals surface area contributed by atoms with Gasteiger partial charge in [0.1, 0.15) is 23.0 Å². The van der Waals surface area contributed by atoms with Crippen LogP contribution in [0.3, 0.4) is 0 Å². The molecule has 0 fully saturated rings. The number of aryl methyl sites for hydroxylation is 2. The first kappa shape index (κ1) is 24.0. The lowest BCUT2D eigenvalue weighted by Crippen LogP contribution is -2.49. The third kappa shape index (κ3) is 4.46. The summed E-state index contributed by atoms with van der Waals surface area (Å²) < 4.78 is 20.8. The summed E-state index contributed by atoms with van der Waals surface area (Å²) in [5.41, 5.74) is 1.22. The van der Waals surface area contributed by atoms with E-state index in [9.17, 15) is 19.2 Å². The number of esters is 1. The summed E-state index contributed by atoms with van der Waals surface area (Å²) in [7, 11) is 2.48. The fraction of sp³-hybridized carbons (Fsp3) is 0.435. The van der Waals surface area contributed by atoms with Crippen molar-refractivity contribution in [1.29, 1.82) is 0 Å². The Morgan fingerprint density at radius 1 is 1.12 bits per heavy atom. The van der Waals surface area contributed by atoms with Gasteiger partial charge >= 0.3 is 12.1 Å². The number of Topliss-reactive ketones (excluding diaryl/α,β-unsaturated/α-hetero) is 2. The molecule has 10 nitrogen and oxygen atoms in total. The number of amides is 1. The van der Waals surface area contributed by atoms with Gasteiger partial charge in [0.25, 0.3) is 5.78 Å². The van der Waals surface area contributed by atoms with Crippen molar-refractivity contribution < 1.29 is 37.9 Å². The lowest BCUT2D eigenvalue weighted by atomic mass is 9.86. The predicted octanol–water partition coefficient (Wildman–Crippen LogP) is 3.26. The summed E-state index contributed by atoms with van der Waals surface area (Å²) in [6, 6.07) is 3.04. The van der Waals surface area contributed by atoms with Crippen molar-refractivity contribution in [2.75, 3.05) is 25.7 Å². The van der Waals surface area contributed by atoms with E-state index in [1.165, 1.54) is 18.1 Å². The van der Waals surface area contributed by atoms with Crippen LogP contribution < -0.4 is 9.64 Å². The second-order valence-electron chi connectivity index (χ2n) is 8.63. The minimum absolute atomic E-state index is 0.0433. The van der Waals surface area contributed by atoms with Crippen LogP contribution in [0.4, 0.5) is 10.5 Å². The third-order valence-electron chi connectivity index (χ3n) is 5.18. The SMILES string of the molecule is COC(=O)C(=O)C1CN(C(=O)OC(C)(C)C)c2cc(-c3c(C)noc3C)c(OC)cc2C1=O. The Morgan fingerprint density at radius 3 is 2.30 bits per heavy atom. The topological polar surface area (TPSA) is 125 Å². The van der Waals surface area contributed by atoms with Gasteiger partial charge in [-0.2, -0.15) is 0 Å². The van der Waals surface area contributed by atoms with Crippen LogP contribution in [0.25, 0.3) is 11.1 Å². The lowest BCUT2D eigenvalue weighted by Gasteiger charge is -2.34. The van der Waals surface area contributed by atoms with Crippen molar-refractivity contribution >= 4 is 29.3 Å². The number of carbonyl (C=O) groups is 4. The average Bonchev–Trinajstić information content (AvgIpc) is 3.08. The van der Waals surface area contributed by atoms with Crippen LogP contribution in [0.2, 0.25) is 0 Å². The van der Waals surface area contributed by atoms with E-state index in [0.717, 1.165) is 7.11 Å².